The number of nitrogens with one attached hydrogen (secondary N) is 1. The van der Waals surface area contributed by atoms with E-state index in [0.717, 1.165) is 5.56 Å². The van der Waals surface area contributed by atoms with E-state index in [0.29, 0.717) is 17.9 Å². The van der Waals surface area contributed by atoms with Gasteiger partial charge in [0.25, 0.3) is 5.91 Å². The van der Waals surface area contributed by atoms with Gasteiger partial charge in [-0.15, -0.1) is 0 Å². The molecule has 0 unspecified atom stereocenters. The number of fused-ring (bicyclic) bond motifs is 1. The maximum absolute atomic E-state index is 11.5. The van der Waals surface area contributed by atoms with Gasteiger partial charge < -0.3 is 15.2 Å². The Morgan fingerprint density at radius 3 is 3.07 bits per heavy atom. The number of aliphatic hydroxyl groups is 1. The van der Waals surface area contributed by atoms with E-state index in [1.165, 1.54) is 0 Å². The normalized spacial score (nSPS) is 19.1. The maximum Gasteiger partial charge on any atom is 0.265 e. The summed E-state index contributed by atoms with van der Waals surface area (Å²) in [5, 5.41) is 11.5. The molecule has 0 fully saturated rings. The summed E-state index contributed by atoms with van der Waals surface area (Å²) in [5.41, 5.74) is 1.77. The van der Waals surface area contributed by atoms with Gasteiger partial charge in [-0.3, -0.25) is 4.79 Å². The fourth-order valence-corrected chi connectivity index (χ4v) is 1.57. The van der Waals surface area contributed by atoms with E-state index in [2.05, 4.69) is 5.32 Å². The molecule has 0 bridgehead atoms. The number of aliphatic hydroxyl groups excluding tert-OH is 1. The number of hydrogen-bond acceptors (Lipinski definition) is 3. The number of aryl methyl sites for hydroxylation is 1. The number of benzene rings is 1. The Balaban J connectivity index is 2.26. The highest BCUT2D eigenvalue weighted by atomic mass is 16.5. The molecule has 0 aromatic heterocycles. The molecule has 4 heteroatoms. The zero-order valence-corrected chi connectivity index (χ0v) is 8.49. The lowest BCUT2D eigenvalue weighted by molar-refractivity contribution is -0.124. The molecule has 1 aliphatic rings. The van der Waals surface area contributed by atoms with Crippen LogP contribution in [0, 0.1) is 6.92 Å². The van der Waals surface area contributed by atoms with Gasteiger partial charge in [0, 0.05) is 13.0 Å². The second-order valence-electron chi connectivity index (χ2n) is 3.61. The molecule has 1 aliphatic heterocycles. The van der Waals surface area contributed by atoms with Gasteiger partial charge in [0.15, 0.2) is 6.10 Å². The zero-order chi connectivity index (χ0) is 10.8. The van der Waals surface area contributed by atoms with Crippen LogP contribution in [0.1, 0.15) is 12.0 Å². The Bertz CT molecular complexity index is 389. The zero-order valence-electron chi connectivity index (χ0n) is 8.49. The van der Waals surface area contributed by atoms with E-state index in [-0.39, 0.29) is 12.5 Å². The van der Waals surface area contributed by atoms with Crippen LogP contribution in [0.15, 0.2) is 18.2 Å². The molecule has 0 radical (unpaired) electrons. The first-order chi connectivity index (χ1) is 7.20. The summed E-state index contributed by atoms with van der Waals surface area (Å²) >= 11 is 0. The minimum absolute atomic E-state index is 0.0563. The number of hydrogen-bond donors (Lipinski definition) is 2. The van der Waals surface area contributed by atoms with Crippen LogP contribution in [-0.4, -0.2) is 23.7 Å². The summed E-state index contributed by atoms with van der Waals surface area (Å²) in [6.07, 6.45) is -0.260. The minimum Gasteiger partial charge on any atom is -0.478 e. The van der Waals surface area contributed by atoms with E-state index in [4.69, 9.17) is 9.84 Å². The first-order valence-corrected chi connectivity index (χ1v) is 4.90. The van der Waals surface area contributed by atoms with Gasteiger partial charge in [0.1, 0.15) is 5.75 Å². The van der Waals surface area contributed by atoms with Crippen LogP contribution in [0.2, 0.25) is 0 Å². The molecule has 0 saturated carbocycles. The maximum atomic E-state index is 11.5. The Morgan fingerprint density at radius 2 is 2.33 bits per heavy atom. The summed E-state index contributed by atoms with van der Waals surface area (Å²) in [4.78, 5) is 11.5. The third-order valence-corrected chi connectivity index (χ3v) is 2.35. The Kier molecular flexibility index (Phi) is 2.60. The quantitative estimate of drug-likeness (QED) is 0.762. The second kappa shape index (κ2) is 3.90. The van der Waals surface area contributed by atoms with E-state index in [1.54, 1.807) is 0 Å². The van der Waals surface area contributed by atoms with Crippen molar-refractivity contribution in [2.45, 2.75) is 19.4 Å². The number of rotatable bonds is 2. The summed E-state index contributed by atoms with van der Waals surface area (Å²) in [6.45, 7) is 1.89. The molecule has 2 rings (SSSR count). The van der Waals surface area contributed by atoms with Crippen LogP contribution in [-0.2, 0) is 4.79 Å². The van der Waals surface area contributed by atoms with Gasteiger partial charge in [-0.05, 0) is 24.6 Å². The van der Waals surface area contributed by atoms with E-state index in [9.17, 15) is 4.79 Å². The summed E-state index contributed by atoms with van der Waals surface area (Å²) in [6, 6.07) is 5.61. The molecule has 0 saturated heterocycles. The van der Waals surface area contributed by atoms with Crippen molar-refractivity contribution < 1.29 is 14.6 Å². The van der Waals surface area contributed by atoms with Crippen LogP contribution in [0.4, 0.5) is 5.69 Å². The van der Waals surface area contributed by atoms with Gasteiger partial charge in [-0.1, -0.05) is 6.07 Å². The lowest BCUT2D eigenvalue weighted by Gasteiger charge is -2.25. The van der Waals surface area contributed by atoms with Crippen LogP contribution in [0.3, 0.4) is 0 Å². The topological polar surface area (TPSA) is 58.6 Å². The predicted molar refractivity (Wildman–Crippen MR) is 55.9 cm³/mol. The number of carbonyl (C=O) groups is 1. The van der Waals surface area contributed by atoms with Crippen molar-refractivity contribution in [1.29, 1.82) is 0 Å². The molecule has 1 amide bonds. The molecular formula is C11H13NO3. The molecule has 1 aromatic rings. The van der Waals surface area contributed by atoms with Crippen molar-refractivity contribution in [2.75, 3.05) is 11.9 Å². The Labute approximate surface area is 87.9 Å². The second-order valence-corrected chi connectivity index (χ2v) is 3.61. The molecule has 1 heterocycles. The van der Waals surface area contributed by atoms with E-state index in [1.807, 2.05) is 25.1 Å². The van der Waals surface area contributed by atoms with Crippen molar-refractivity contribution in [3.05, 3.63) is 23.8 Å². The van der Waals surface area contributed by atoms with Crippen LogP contribution in [0.25, 0.3) is 0 Å². The first-order valence-electron chi connectivity index (χ1n) is 4.90. The molecule has 15 heavy (non-hydrogen) atoms. The Morgan fingerprint density at radius 1 is 1.53 bits per heavy atom. The van der Waals surface area contributed by atoms with Crippen LogP contribution in [0.5, 0.6) is 5.75 Å². The smallest absolute Gasteiger partial charge is 0.265 e. The molecule has 80 valence electrons. The number of ether oxygens (including phenoxy) is 1. The molecule has 0 aliphatic carbocycles. The first kappa shape index (κ1) is 9.98. The van der Waals surface area contributed by atoms with E-state index >= 15 is 0 Å². The summed E-state index contributed by atoms with van der Waals surface area (Å²) in [7, 11) is 0. The lowest BCUT2D eigenvalue weighted by Crippen LogP contribution is -2.37. The average Bonchev–Trinajstić information content (AvgIpc) is 2.20. The standard InChI is InChI=1S/C11H13NO3/c1-7-2-3-9-8(6-7)12-11(14)10(15-9)4-5-13/h2-3,6,10,13H,4-5H2,1H3,(H,12,14)/t10-/m1/s1. The number of amides is 1. The molecule has 1 atom stereocenters. The molecule has 2 N–H and O–H groups in total. The fourth-order valence-electron chi connectivity index (χ4n) is 1.57. The van der Waals surface area contributed by atoms with Gasteiger partial charge in [-0.2, -0.15) is 0 Å². The van der Waals surface area contributed by atoms with Gasteiger partial charge in [0.05, 0.1) is 5.69 Å². The number of anilines is 1. The highest BCUT2D eigenvalue weighted by Gasteiger charge is 2.26. The highest BCUT2D eigenvalue weighted by Crippen LogP contribution is 2.30. The molecular weight excluding hydrogens is 194 g/mol. The summed E-state index contributed by atoms with van der Waals surface area (Å²) in [5.74, 6) is 0.473. The molecule has 4 nitrogen and oxygen atoms in total. The number of carbonyl (C=O) groups excluding carboxylic acids is 1. The lowest BCUT2D eigenvalue weighted by atomic mass is 10.1. The third-order valence-electron chi connectivity index (χ3n) is 2.35. The molecule has 1 aromatic carbocycles. The van der Waals surface area contributed by atoms with Crippen LogP contribution >= 0.6 is 0 Å². The highest BCUT2D eigenvalue weighted by molar-refractivity contribution is 5.97. The fraction of sp³-hybridized carbons (Fsp3) is 0.364. The third kappa shape index (κ3) is 1.94. The SMILES string of the molecule is Cc1ccc2c(c1)NC(=O)[C@@H](CCO)O2. The van der Waals surface area contributed by atoms with Gasteiger partial charge in [-0.25, -0.2) is 0 Å². The predicted octanol–water partition coefficient (Wildman–Crippen LogP) is 1.08. The Hall–Kier alpha value is -1.55. The van der Waals surface area contributed by atoms with Crippen LogP contribution < -0.4 is 10.1 Å². The van der Waals surface area contributed by atoms with Crippen molar-refractivity contribution in [1.82, 2.24) is 0 Å². The van der Waals surface area contributed by atoms with Crippen molar-refractivity contribution in [3.63, 3.8) is 0 Å². The largest absolute Gasteiger partial charge is 0.478 e. The van der Waals surface area contributed by atoms with Crippen molar-refractivity contribution in [2.24, 2.45) is 0 Å². The summed E-state index contributed by atoms with van der Waals surface area (Å²) < 4.78 is 5.47. The van der Waals surface area contributed by atoms with Gasteiger partial charge in [0.2, 0.25) is 0 Å². The average molecular weight is 207 g/mol. The van der Waals surface area contributed by atoms with E-state index < -0.39 is 6.10 Å². The monoisotopic (exact) mass is 207 g/mol. The van der Waals surface area contributed by atoms with Crippen molar-refractivity contribution >= 4 is 11.6 Å². The molecule has 0 spiro atoms. The minimum atomic E-state index is -0.579. The van der Waals surface area contributed by atoms with Gasteiger partial charge >= 0.3 is 0 Å². The van der Waals surface area contributed by atoms with Crippen molar-refractivity contribution in [3.8, 4) is 5.75 Å².